The third-order valence-corrected chi connectivity index (χ3v) is 6.75. The van der Waals surface area contributed by atoms with Crippen LogP contribution in [0.4, 0.5) is 5.00 Å². The average molecular weight is 316 g/mol. The predicted octanol–water partition coefficient (Wildman–Crippen LogP) is 4.51. The van der Waals surface area contributed by atoms with Gasteiger partial charge in [0.15, 0.2) is 0 Å². The number of anilines is 1. The molecule has 1 N–H and O–H groups in total. The summed E-state index contributed by atoms with van der Waals surface area (Å²) in [6.07, 6.45) is 6.33. The molecule has 118 valence electrons. The van der Waals surface area contributed by atoms with Gasteiger partial charge in [0.05, 0.1) is 5.56 Å². The van der Waals surface area contributed by atoms with Crippen LogP contribution in [0.25, 0.3) is 0 Å². The van der Waals surface area contributed by atoms with Crippen LogP contribution in [0, 0.1) is 28.6 Å². The zero-order valence-electron chi connectivity index (χ0n) is 13.7. The molecular formula is C18H24N2OS. The van der Waals surface area contributed by atoms with Gasteiger partial charge in [-0.1, -0.05) is 27.2 Å². The van der Waals surface area contributed by atoms with E-state index in [4.69, 9.17) is 0 Å². The average Bonchev–Trinajstić information content (AvgIpc) is 3.29. The quantitative estimate of drug-likeness (QED) is 0.888. The number of hydrogen-bond donors (Lipinski definition) is 1. The number of hydrogen-bond acceptors (Lipinski definition) is 3. The van der Waals surface area contributed by atoms with E-state index in [2.05, 4.69) is 32.2 Å². The maximum atomic E-state index is 12.0. The first-order valence-electron chi connectivity index (χ1n) is 8.31. The molecule has 0 spiro atoms. The summed E-state index contributed by atoms with van der Waals surface area (Å²) >= 11 is 1.64. The lowest BCUT2D eigenvalue weighted by Gasteiger charge is -2.36. The van der Waals surface area contributed by atoms with Crippen molar-refractivity contribution in [2.75, 3.05) is 5.32 Å². The van der Waals surface area contributed by atoms with Crippen molar-refractivity contribution in [1.82, 2.24) is 0 Å². The Balaban J connectivity index is 1.84. The molecule has 1 saturated carbocycles. The number of thiophene rings is 1. The van der Waals surface area contributed by atoms with Gasteiger partial charge in [0.25, 0.3) is 0 Å². The van der Waals surface area contributed by atoms with Crippen molar-refractivity contribution in [2.45, 2.75) is 59.3 Å². The molecule has 1 aromatic heterocycles. The van der Waals surface area contributed by atoms with Gasteiger partial charge in [-0.2, -0.15) is 5.26 Å². The molecule has 0 aliphatic heterocycles. The predicted molar refractivity (Wildman–Crippen MR) is 90.0 cm³/mol. The molecule has 1 aromatic rings. The smallest absolute Gasteiger partial charge is 0.228 e. The molecule has 0 bridgehead atoms. The third kappa shape index (κ3) is 2.79. The Morgan fingerprint density at radius 2 is 2.14 bits per heavy atom. The highest BCUT2D eigenvalue weighted by Gasteiger charge is 2.35. The fourth-order valence-corrected chi connectivity index (χ4v) is 4.59. The maximum absolute atomic E-state index is 12.0. The van der Waals surface area contributed by atoms with Crippen LogP contribution in [-0.2, 0) is 17.6 Å². The van der Waals surface area contributed by atoms with Crippen molar-refractivity contribution in [1.29, 1.82) is 5.26 Å². The standard InChI is InChI=1S/C18H24N2OS/c1-4-18(2,3)12-7-8-13-14(10-19)17(22-15(13)9-12)20-16(21)11-5-6-11/h11-12H,4-9H2,1-3H3,(H,20,21). The minimum absolute atomic E-state index is 0.0977. The molecule has 3 nitrogen and oxygen atoms in total. The summed E-state index contributed by atoms with van der Waals surface area (Å²) in [4.78, 5) is 13.3. The summed E-state index contributed by atoms with van der Waals surface area (Å²) in [6, 6.07) is 2.33. The van der Waals surface area contributed by atoms with Crippen LogP contribution in [0.5, 0.6) is 0 Å². The Morgan fingerprint density at radius 1 is 1.41 bits per heavy atom. The summed E-state index contributed by atoms with van der Waals surface area (Å²) in [6.45, 7) is 6.94. The molecule has 2 aliphatic rings. The monoisotopic (exact) mass is 316 g/mol. The molecule has 0 radical (unpaired) electrons. The fraction of sp³-hybridized carbons (Fsp3) is 0.667. The van der Waals surface area contributed by atoms with Gasteiger partial charge in [0.1, 0.15) is 11.1 Å². The van der Waals surface area contributed by atoms with Crippen LogP contribution >= 0.6 is 11.3 Å². The van der Waals surface area contributed by atoms with E-state index in [0.29, 0.717) is 11.3 Å². The van der Waals surface area contributed by atoms with Crippen molar-refractivity contribution < 1.29 is 4.79 Å². The molecule has 4 heteroatoms. The minimum Gasteiger partial charge on any atom is -0.316 e. The summed E-state index contributed by atoms with van der Waals surface area (Å²) < 4.78 is 0. The lowest BCUT2D eigenvalue weighted by atomic mass is 9.69. The topological polar surface area (TPSA) is 52.9 Å². The van der Waals surface area contributed by atoms with E-state index >= 15 is 0 Å². The van der Waals surface area contributed by atoms with Gasteiger partial charge in [0.2, 0.25) is 5.91 Å². The van der Waals surface area contributed by atoms with Crippen LogP contribution in [0.2, 0.25) is 0 Å². The zero-order valence-corrected chi connectivity index (χ0v) is 14.5. The molecule has 1 atom stereocenters. The summed E-state index contributed by atoms with van der Waals surface area (Å²) in [5.74, 6) is 0.945. The van der Waals surface area contributed by atoms with Gasteiger partial charge in [-0.3, -0.25) is 4.79 Å². The van der Waals surface area contributed by atoms with E-state index in [-0.39, 0.29) is 11.8 Å². The van der Waals surface area contributed by atoms with Crippen molar-refractivity contribution >= 4 is 22.2 Å². The van der Waals surface area contributed by atoms with Crippen LogP contribution in [0.15, 0.2) is 0 Å². The molecule has 1 fully saturated rings. The Bertz CT molecular complexity index is 634. The second kappa shape index (κ2) is 5.70. The van der Waals surface area contributed by atoms with E-state index in [9.17, 15) is 10.1 Å². The normalized spacial score (nSPS) is 21.1. The molecule has 0 saturated heterocycles. The SMILES string of the molecule is CCC(C)(C)C1CCc2c(sc(NC(=O)C3CC3)c2C#N)C1. The molecule has 1 amide bonds. The van der Waals surface area contributed by atoms with E-state index in [1.807, 2.05) is 0 Å². The number of rotatable bonds is 4. The van der Waals surface area contributed by atoms with Crippen molar-refractivity contribution in [3.63, 3.8) is 0 Å². The highest BCUT2D eigenvalue weighted by atomic mass is 32.1. The van der Waals surface area contributed by atoms with E-state index in [0.717, 1.165) is 42.7 Å². The molecule has 2 aliphatic carbocycles. The lowest BCUT2D eigenvalue weighted by molar-refractivity contribution is -0.117. The zero-order chi connectivity index (χ0) is 15.9. The first-order chi connectivity index (χ1) is 10.5. The molecule has 3 rings (SSSR count). The number of carbonyl (C=O) groups is 1. The lowest BCUT2D eigenvalue weighted by Crippen LogP contribution is -2.28. The Morgan fingerprint density at radius 3 is 2.73 bits per heavy atom. The second-order valence-electron chi connectivity index (χ2n) is 7.37. The summed E-state index contributed by atoms with van der Waals surface area (Å²) in [7, 11) is 0. The van der Waals surface area contributed by atoms with Crippen molar-refractivity contribution in [3.8, 4) is 6.07 Å². The molecule has 0 aromatic carbocycles. The van der Waals surface area contributed by atoms with Gasteiger partial charge in [0, 0.05) is 10.8 Å². The molecule has 1 heterocycles. The number of nitrogens with zero attached hydrogens (tertiary/aromatic N) is 1. The number of fused-ring (bicyclic) bond motifs is 1. The molecular weight excluding hydrogens is 292 g/mol. The van der Waals surface area contributed by atoms with Gasteiger partial charge in [-0.25, -0.2) is 0 Å². The highest BCUT2D eigenvalue weighted by molar-refractivity contribution is 7.16. The first kappa shape index (κ1) is 15.6. The van der Waals surface area contributed by atoms with Crippen LogP contribution in [0.1, 0.15) is 62.5 Å². The number of nitrogens with one attached hydrogen (secondary N) is 1. The highest BCUT2D eigenvalue weighted by Crippen LogP contribution is 2.45. The molecule has 1 unspecified atom stereocenters. The van der Waals surface area contributed by atoms with Gasteiger partial charge in [-0.05, 0) is 49.0 Å². The number of carbonyl (C=O) groups excluding carboxylic acids is 1. The largest absolute Gasteiger partial charge is 0.316 e. The van der Waals surface area contributed by atoms with Crippen LogP contribution in [-0.4, -0.2) is 5.91 Å². The minimum atomic E-state index is 0.0977. The Hall–Kier alpha value is -1.34. The van der Waals surface area contributed by atoms with Gasteiger partial charge in [-0.15, -0.1) is 11.3 Å². The fourth-order valence-electron chi connectivity index (χ4n) is 3.31. The third-order valence-electron chi connectivity index (χ3n) is 5.58. The Kier molecular flexibility index (Phi) is 4.03. The summed E-state index contributed by atoms with van der Waals surface area (Å²) in [5, 5.41) is 13.3. The first-order valence-corrected chi connectivity index (χ1v) is 9.13. The second-order valence-corrected chi connectivity index (χ2v) is 8.47. The van der Waals surface area contributed by atoms with Crippen molar-refractivity contribution in [2.24, 2.45) is 17.3 Å². The van der Waals surface area contributed by atoms with Gasteiger partial charge >= 0.3 is 0 Å². The van der Waals surface area contributed by atoms with Crippen molar-refractivity contribution in [3.05, 3.63) is 16.0 Å². The van der Waals surface area contributed by atoms with Gasteiger partial charge < -0.3 is 5.32 Å². The van der Waals surface area contributed by atoms with E-state index in [1.54, 1.807) is 11.3 Å². The van der Waals surface area contributed by atoms with E-state index < -0.39 is 0 Å². The van der Waals surface area contributed by atoms with Crippen LogP contribution in [0.3, 0.4) is 0 Å². The Labute approximate surface area is 136 Å². The number of nitriles is 1. The molecule has 22 heavy (non-hydrogen) atoms. The van der Waals surface area contributed by atoms with Crippen LogP contribution < -0.4 is 5.32 Å². The number of amides is 1. The maximum Gasteiger partial charge on any atom is 0.228 e. The van der Waals surface area contributed by atoms with E-state index in [1.165, 1.54) is 16.9 Å². The summed E-state index contributed by atoms with van der Waals surface area (Å²) in [5.41, 5.74) is 2.26.